The number of carboxylic acid groups (broad SMARTS) is 1. The zero-order chi connectivity index (χ0) is 19.7. The van der Waals surface area contributed by atoms with E-state index in [1.54, 1.807) is 18.2 Å². The van der Waals surface area contributed by atoms with E-state index in [0.29, 0.717) is 5.56 Å². The van der Waals surface area contributed by atoms with E-state index in [2.05, 4.69) is 22.8 Å². The van der Waals surface area contributed by atoms with Crippen molar-refractivity contribution in [1.82, 2.24) is 5.32 Å². The molecule has 2 aliphatic rings. The van der Waals surface area contributed by atoms with Crippen LogP contribution in [-0.2, 0) is 4.79 Å². The van der Waals surface area contributed by atoms with Gasteiger partial charge in [0, 0.05) is 23.7 Å². The summed E-state index contributed by atoms with van der Waals surface area (Å²) in [6.07, 6.45) is 5.06. The van der Waals surface area contributed by atoms with Crippen molar-refractivity contribution in [2.45, 2.75) is 24.8 Å². The van der Waals surface area contributed by atoms with Crippen molar-refractivity contribution in [2.75, 3.05) is 11.9 Å². The highest BCUT2D eigenvalue weighted by Gasteiger charge is 2.38. The van der Waals surface area contributed by atoms with Crippen LogP contribution in [0.1, 0.15) is 46.3 Å². The van der Waals surface area contributed by atoms with Crippen LogP contribution in [0.25, 0.3) is 0 Å². The molecule has 1 aliphatic carbocycles. The maximum Gasteiger partial charge on any atom is 0.305 e. The summed E-state index contributed by atoms with van der Waals surface area (Å²) in [5.41, 5.74) is 3.40. The van der Waals surface area contributed by atoms with Crippen LogP contribution in [0.3, 0.4) is 0 Å². The number of carbonyl (C=O) groups is 2. The van der Waals surface area contributed by atoms with Gasteiger partial charge in [-0.05, 0) is 53.8 Å². The molecule has 0 aromatic heterocycles. The Morgan fingerprint density at radius 1 is 1.21 bits per heavy atom. The number of nitrogens with one attached hydrogen (secondary N) is 2. The fourth-order valence-corrected chi connectivity index (χ4v) is 4.15. The first-order valence-electron chi connectivity index (χ1n) is 9.35. The molecule has 6 heteroatoms. The Morgan fingerprint density at radius 3 is 2.86 bits per heavy atom. The van der Waals surface area contributed by atoms with Gasteiger partial charge in [-0.15, -0.1) is 0 Å². The van der Waals surface area contributed by atoms with E-state index in [9.17, 15) is 14.0 Å². The molecule has 0 fully saturated rings. The first kappa shape index (κ1) is 18.2. The van der Waals surface area contributed by atoms with Gasteiger partial charge >= 0.3 is 5.97 Å². The fraction of sp³-hybridized carbons (Fsp3) is 0.273. The second-order valence-corrected chi connectivity index (χ2v) is 7.23. The van der Waals surface area contributed by atoms with Crippen LogP contribution in [0.2, 0.25) is 0 Å². The number of carbonyl (C=O) groups excluding carboxylic acids is 1. The molecule has 0 spiro atoms. The number of amides is 1. The van der Waals surface area contributed by atoms with Crippen LogP contribution in [0.4, 0.5) is 10.1 Å². The molecule has 0 saturated heterocycles. The maximum atomic E-state index is 13.7. The highest BCUT2D eigenvalue weighted by molar-refractivity contribution is 5.95. The van der Waals surface area contributed by atoms with Crippen molar-refractivity contribution in [3.63, 3.8) is 0 Å². The molecule has 0 radical (unpaired) electrons. The molecule has 1 heterocycles. The molecule has 144 valence electrons. The second kappa shape index (κ2) is 7.46. The summed E-state index contributed by atoms with van der Waals surface area (Å²) in [4.78, 5) is 23.0. The van der Waals surface area contributed by atoms with Crippen LogP contribution in [0.15, 0.2) is 54.6 Å². The molecule has 1 amide bonds. The molecule has 0 bridgehead atoms. The van der Waals surface area contributed by atoms with E-state index in [-0.39, 0.29) is 42.6 Å². The molecule has 3 N–H and O–H groups in total. The summed E-state index contributed by atoms with van der Waals surface area (Å²) < 4.78 is 13.7. The highest BCUT2D eigenvalue weighted by atomic mass is 19.1. The summed E-state index contributed by atoms with van der Waals surface area (Å²) in [5.74, 6) is -1.08. The van der Waals surface area contributed by atoms with Crippen molar-refractivity contribution in [3.05, 3.63) is 77.1 Å². The van der Waals surface area contributed by atoms with E-state index < -0.39 is 5.97 Å². The molecule has 2 aromatic carbocycles. The third-order valence-corrected chi connectivity index (χ3v) is 5.46. The number of halogens is 1. The standard InChI is InChI=1S/C22H21FN2O3/c23-15-4-1-3-13(11-15)21-17-6-2-5-16(17)18-12-14(7-8-19(18)25-21)22(28)24-10-9-20(26)27/h1-5,7-8,11-12,16-17,21,25H,6,9-10H2,(H,24,28)(H,26,27)/t16-,17-,21-/m1/s1. The van der Waals surface area contributed by atoms with Gasteiger partial charge in [0.05, 0.1) is 12.5 Å². The largest absolute Gasteiger partial charge is 0.481 e. The van der Waals surface area contributed by atoms with E-state index in [0.717, 1.165) is 23.2 Å². The summed E-state index contributed by atoms with van der Waals surface area (Å²) in [7, 11) is 0. The quantitative estimate of drug-likeness (QED) is 0.689. The highest BCUT2D eigenvalue weighted by Crippen LogP contribution is 2.49. The second-order valence-electron chi connectivity index (χ2n) is 7.23. The molecule has 2 aromatic rings. The predicted octanol–water partition coefficient (Wildman–Crippen LogP) is 3.86. The van der Waals surface area contributed by atoms with Crippen LogP contribution in [0, 0.1) is 11.7 Å². The van der Waals surface area contributed by atoms with Gasteiger partial charge in [-0.1, -0.05) is 24.3 Å². The zero-order valence-electron chi connectivity index (χ0n) is 15.2. The molecule has 28 heavy (non-hydrogen) atoms. The molecular weight excluding hydrogens is 359 g/mol. The minimum absolute atomic E-state index is 0.00144. The number of hydrogen-bond donors (Lipinski definition) is 3. The third kappa shape index (κ3) is 3.50. The van der Waals surface area contributed by atoms with E-state index in [4.69, 9.17) is 5.11 Å². The Bertz CT molecular complexity index is 957. The van der Waals surface area contributed by atoms with Crippen LogP contribution in [-0.4, -0.2) is 23.5 Å². The van der Waals surface area contributed by atoms with Gasteiger partial charge in [0.1, 0.15) is 5.82 Å². The van der Waals surface area contributed by atoms with Crippen LogP contribution < -0.4 is 10.6 Å². The lowest BCUT2D eigenvalue weighted by Gasteiger charge is -2.37. The SMILES string of the molecule is O=C(O)CCNC(=O)c1ccc2c(c1)[C@@H]1C=CC[C@H]1[C@@H](c1cccc(F)c1)N2. The van der Waals surface area contributed by atoms with E-state index in [1.165, 1.54) is 6.07 Å². The summed E-state index contributed by atoms with van der Waals surface area (Å²) in [6, 6.07) is 12.1. The zero-order valence-corrected chi connectivity index (χ0v) is 15.2. The van der Waals surface area contributed by atoms with Crippen molar-refractivity contribution in [1.29, 1.82) is 0 Å². The lowest BCUT2D eigenvalue weighted by Crippen LogP contribution is -2.30. The van der Waals surface area contributed by atoms with Gasteiger partial charge in [-0.2, -0.15) is 0 Å². The predicted molar refractivity (Wildman–Crippen MR) is 104 cm³/mol. The van der Waals surface area contributed by atoms with Crippen molar-refractivity contribution in [2.24, 2.45) is 5.92 Å². The molecule has 3 atom stereocenters. The van der Waals surface area contributed by atoms with Gasteiger partial charge in [0.25, 0.3) is 5.91 Å². The van der Waals surface area contributed by atoms with Gasteiger partial charge in [-0.3, -0.25) is 9.59 Å². The van der Waals surface area contributed by atoms with Crippen molar-refractivity contribution < 1.29 is 19.1 Å². The fourth-order valence-electron chi connectivity index (χ4n) is 4.15. The Balaban J connectivity index is 1.60. The first-order chi connectivity index (χ1) is 13.5. The Labute approximate surface area is 162 Å². The van der Waals surface area contributed by atoms with E-state index in [1.807, 2.05) is 18.2 Å². The number of rotatable bonds is 5. The van der Waals surface area contributed by atoms with Crippen molar-refractivity contribution in [3.8, 4) is 0 Å². The average Bonchev–Trinajstić information content (AvgIpc) is 3.16. The molecule has 5 nitrogen and oxygen atoms in total. The number of fused-ring (bicyclic) bond motifs is 3. The Hall–Kier alpha value is -3.15. The minimum Gasteiger partial charge on any atom is -0.481 e. The monoisotopic (exact) mass is 380 g/mol. The molecule has 4 rings (SSSR count). The number of carboxylic acids is 1. The lowest BCUT2D eigenvalue weighted by molar-refractivity contribution is -0.136. The first-order valence-corrected chi connectivity index (χ1v) is 9.35. The lowest BCUT2D eigenvalue weighted by atomic mass is 9.76. The summed E-state index contributed by atoms with van der Waals surface area (Å²) in [5, 5.41) is 14.9. The number of anilines is 1. The molecule has 1 aliphatic heterocycles. The van der Waals surface area contributed by atoms with Crippen LogP contribution >= 0.6 is 0 Å². The maximum absolute atomic E-state index is 13.7. The topological polar surface area (TPSA) is 78.4 Å². The number of hydrogen-bond acceptors (Lipinski definition) is 3. The van der Waals surface area contributed by atoms with Gasteiger partial charge in [0.2, 0.25) is 0 Å². The van der Waals surface area contributed by atoms with Gasteiger partial charge in [0.15, 0.2) is 0 Å². The van der Waals surface area contributed by atoms with Gasteiger partial charge in [-0.25, -0.2) is 4.39 Å². The van der Waals surface area contributed by atoms with Crippen LogP contribution in [0.5, 0.6) is 0 Å². The Morgan fingerprint density at radius 2 is 2.07 bits per heavy atom. The Kier molecular flexibility index (Phi) is 4.86. The molecule has 0 saturated carbocycles. The molecule has 0 unspecified atom stereocenters. The number of benzene rings is 2. The van der Waals surface area contributed by atoms with E-state index >= 15 is 0 Å². The van der Waals surface area contributed by atoms with Crippen molar-refractivity contribution >= 4 is 17.6 Å². The number of allylic oxidation sites excluding steroid dienone is 2. The summed E-state index contributed by atoms with van der Waals surface area (Å²) >= 11 is 0. The molecular formula is C22H21FN2O3. The summed E-state index contributed by atoms with van der Waals surface area (Å²) in [6.45, 7) is 0.0943. The smallest absolute Gasteiger partial charge is 0.305 e. The average molecular weight is 380 g/mol. The normalized spacial score (nSPS) is 22.1. The number of aliphatic carboxylic acids is 1. The minimum atomic E-state index is -0.947. The van der Waals surface area contributed by atoms with Gasteiger partial charge < -0.3 is 15.7 Å². The third-order valence-electron chi connectivity index (χ3n) is 5.46.